The molecule has 10 heteroatoms. The predicted octanol–water partition coefficient (Wildman–Crippen LogP) is 3.68. The maximum Gasteiger partial charge on any atom is 0.290 e. The second-order valence-corrected chi connectivity index (χ2v) is 7.25. The average Bonchev–Trinajstić information content (AvgIpc) is 3.11. The number of aromatic nitrogens is 5. The number of amides is 1. The predicted molar refractivity (Wildman–Crippen MR) is 102 cm³/mol. The number of alkyl halides is 2. The van der Waals surface area contributed by atoms with Gasteiger partial charge in [-0.15, -0.1) is 0 Å². The number of rotatable bonds is 4. The van der Waals surface area contributed by atoms with Crippen molar-refractivity contribution in [3.63, 3.8) is 0 Å². The van der Waals surface area contributed by atoms with Gasteiger partial charge in [0, 0.05) is 25.0 Å². The van der Waals surface area contributed by atoms with Crippen molar-refractivity contribution in [1.29, 1.82) is 0 Å². The van der Waals surface area contributed by atoms with E-state index < -0.39 is 6.43 Å². The van der Waals surface area contributed by atoms with Gasteiger partial charge in [-0.3, -0.25) is 4.79 Å². The smallest absolute Gasteiger partial charge is 0.290 e. The fourth-order valence-electron chi connectivity index (χ4n) is 3.34. The fourth-order valence-corrected chi connectivity index (χ4v) is 3.47. The second kappa shape index (κ2) is 7.47. The molecule has 0 bridgehead atoms. The number of carbonyl (C=O) groups is 1. The summed E-state index contributed by atoms with van der Waals surface area (Å²) in [5, 5.41) is 0.0999. The van der Waals surface area contributed by atoms with Crippen LogP contribution < -0.4 is 0 Å². The van der Waals surface area contributed by atoms with Gasteiger partial charge in [0.15, 0.2) is 5.82 Å². The molecule has 1 aliphatic rings. The zero-order chi connectivity index (χ0) is 20.7. The molecule has 4 heterocycles. The number of hydrogen-bond donors (Lipinski definition) is 0. The van der Waals surface area contributed by atoms with E-state index in [-0.39, 0.29) is 35.3 Å². The number of carbonyl (C=O) groups excluding carboxylic acids is 1. The Labute approximate surface area is 170 Å². The third-order valence-electron chi connectivity index (χ3n) is 4.79. The SMILES string of the molecule is Cc1cnc(Cl)nc1-c1cn2c(n1)C(=O)N(Cc1cccc(C(F)F)n1)[C@@H](C)C2. The summed E-state index contributed by atoms with van der Waals surface area (Å²) in [5.74, 6) is -0.0331. The highest BCUT2D eigenvalue weighted by Gasteiger charge is 2.32. The molecule has 29 heavy (non-hydrogen) atoms. The maximum atomic E-state index is 13.1. The lowest BCUT2D eigenvalue weighted by Gasteiger charge is -2.33. The largest absolute Gasteiger partial charge is 0.326 e. The van der Waals surface area contributed by atoms with Gasteiger partial charge in [-0.25, -0.2) is 28.7 Å². The van der Waals surface area contributed by atoms with E-state index in [1.165, 1.54) is 12.1 Å². The van der Waals surface area contributed by atoms with Gasteiger partial charge < -0.3 is 9.47 Å². The highest BCUT2D eigenvalue weighted by molar-refractivity contribution is 6.28. The molecule has 1 aliphatic heterocycles. The van der Waals surface area contributed by atoms with Crippen LogP contribution in [0.5, 0.6) is 0 Å². The maximum absolute atomic E-state index is 13.1. The lowest BCUT2D eigenvalue weighted by Crippen LogP contribution is -2.46. The first-order valence-electron chi connectivity index (χ1n) is 8.95. The minimum Gasteiger partial charge on any atom is -0.326 e. The molecule has 150 valence electrons. The Morgan fingerprint density at radius 2 is 2.07 bits per heavy atom. The van der Waals surface area contributed by atoms with Gasteiger partial charge in [-0.05, 0) is 43.1 Å². The minimum absolute atomic E-state index is 0.0999. The molecule has 0 radical (unpaired) electrons. The van der Waals surface area contributed by atoms with Crippen molar-refractivity contribution in [2.75, 3.05) is 0 Å². The van der Waals surface area contributed by atoms with Crippen LogP contribution in [0.3, 0.4) is 0 Å². The van der Waals surface area contributed by atoms with E-state index in [0.29, 0.717) is 23.6 Å². The lowest BCUT2D eigenvalue weighted by atomic mass is 10.2. The molecule has 1 atom stereocenters. The molecule has 0 N–H and O–H groups in total. The minimum atomic E-state index is -2.66. The Morgan fingerprint density at radius 1 is 1.28 bits per heavy atom. The second-order valence-electron chi connectivity index (χ2n) is 6.91. The monoisotopic (exact) mass is 418 g/mol. The first-order chi connectivity index (χ1) is 13.8. The molecule has 7 nitrogen and oxygen atoms in total. The number of halogens is 3. The van der Waals surface area contributed by atoms with E-state index in [9.17, 15) is 13.6 Å². The van der Waals surface area contributed by atoms with E-state index in [0.717, 1.165) is 5.56 Å². The summed E-state index contributed by atoms with van der Waals surface area (Å²) in [6, 6.07) is 4.25. The van der Waals surface area contributed by atoms with Crippen LogP contribution in [0.4, 0.5) is 8.78 Å². The van der Waals surface area contributed by atoms with Crippen molar-refractivity contribution in [2.24, 2.45) is 0 Å². The number of hydrogen-bond acceptors (Lipinski definition) is 5. The standard InChI is InChI=1S/C19H17ClF2N6O/c1-10-6-23-19(20)26-15(10)14-9-27-7-11(2)28(18(29)17(27)25-14)8-12-4-3-5-13(24-12)16(21)22/h3-6,9,11,16H,7-8H2,1-2H3/t11-/m0/s1. The highest BCUT2D eigenvalue weighted by Crippen LogP contribution is 2.26. The van der Waals surface area contributed by atoms with Gasteiger partial charge in [0.2, 0.25) is 5.28 Å². The summed E-state index contributed by atoms with van der Waals surface area (Å²) in [7, 11) is 0. The lowest BCUT2D eigenvalue weighted by molar-refractivity contribution is 0.0583. The van der Waals surface area contributed by atoms with E-state index in [2.05, 4.69) is 19.9 Å². The van der Waals surface area contributed by atoms with Gasteiger partial charge in [0.05, 0.1) is 17.9 Å². The molecule has 3 aromatic rings. The molecule has 1 amide bonds. The molecule has 4 rings (SSSR count). The first-order valence-corrected chi connectivity index (χ1v) is 9.33. The summed E-state index contributed by atoms with van der Waals surface area (Å²) < 4.78 is 27.6. The zero-order valence-corrected chi connectivity index (χ0v) is 16.4. The molecule has 0 saturated heterocycles. The molecule has 0 saturated carbocycles. The molecule has 0 unspecified atom stereocenters. The van der Waals surface area contributed by atoms with Gasteiger partial charge in [0.25, 0.3) is 12.3 Å². The van der Waals surface area contributed by atoms with Crippen LogP contribution in [-0.2, 0) is 13.1 Å². The van der Waals surface area contributed by atoms with Crippen molar-refractivity contribution < 1.29 is 13.6 Å². The molecule has 0 aromatic carbocycles. The van der Waals surface area contributed by atoms with E-state index in [1.807, 2.05) is 13.8 Å². The van der Waals surface area contributed by atoms with Crippen LogP contribution >= 0.6 is 11.6 Å². The Morgan fingerprint density at radius 3 is 2.83 bits per heavy atom. The van der Waals surface area contributed by atoms with Crippen LogP contribution in [0.15, 0.2) is 30.6 Å². The van der Waals surface area contributed by atoms with Gasteiger partial charge in [0.1, 0.15) is 11.4 Å². The molecular formula is C19H17ClF2N6O. The number of imidazole rings is 1. The van der Waals surface area contributed by atoms with Crippen molar-refractivity contribution in [3.05, 3.63) is 58.7 Å². The Bertz CT molecular complexity index is 1090. The number of aryl methyl sites for hydroxylation is 1. The van der Waals surface area contributed by atoms with Crippen molar-refractivity contribution >= 4 is 17.5 Å². The Kier molecular flexibility index (Phi) is 4.99. The third-order valence-corrected chi connectivity index (χ3v) is 4.97. The van der Waals surface area contributed by atoms with Gasteiger partial charge in [-0.1, -0.05) is 6.07 Å². The van der Waals surface area contributed by atoms with Gasteiger partial charge in [-0.2, -0.15) is 0 Å². The summed E-state index contributed by atoms with van der Waals surface area (Å²) in [5.41, 5.74) is 1.98. The van der Waals surface area contributed by atoms with E-state index in [1.54, 1.807) is 27.9 Å². The fraction of sp³-hybridized carbons (Fsp3) is 0.316. The zero-order valence-electron chi connectivity index (χ0n) is 15.7. The van der Waals surface area contributed by atoms with Gasteiger partial charge >= 0.3 is 0 Å². The molecule has 0 fully saturated rings. The molecule has 0 aliphatic carbocycles. The van der Waals surface area contributed by atoms with Crippen LogP contribution in [0, 0.1) is 6.92 Å². The summed E-state index contributed by atoms with van der Waals surface area (Å²) in [6.07, 6.45) is 0.706. The first kappa shape index (κ1) is 19.4. The summed E-state index contributed by atoms with van der Waals surface area (Å²) >= 11 is 5.90. The summed E-state index contributed by atoms with van der Waals surface area (Å²) in [6.45, 7) is 4.37. The van der Waals surface area contributed by atoms with Crippen molar-refractivity contribution in [2.45, 2.75) is 39.4 Å². The van der Waals surface area contributed by atoms with Crippen molar-refractivity contribution in [1.82, 2.24) is 29.4 Å². The number of nitrogens with zero attached hydrogens (tertiary/aromatic N) is 6. The van der Waals surface area contributed by atoms with Crippen LogP contribution in [-0.4, -0.2) is 41.4 Å². The molecule has 3 aromatic heterocycles. The van der Waals surface area contributed by atoms with Crippen LogP contribution in [0.25, 0.3) is 11.4 Å². The van der Waals surface area contributed by atoms with Crippen LogP contribution in [0.1, 0.15) is 40.9 Å². The average molecular weight is 419 g/mol. The quantitative estimate of drug-likeness (QED) is 0.604. The normalized spacial score (nSPS) is 16.4. The topological polar surface area (TPSA) is 76.8 Å². The Balaban J connectivity index is 1.64. The van der Waals surface area contributed by atoms with E-state index in [4.69, 9.17) is 11.6 Å². The van der Waals surface area contributed by atoms with Crippen molar-refractivity contribution in [3.8, 4) is 11.4 Å². The molecule has 0 spiro atoms. The van der Waals surface area contributed by atoms with Crippen LogP contribution in [0.2, 0.25) is 5.28 Å². The number of fused-ring (bicyclic) bond motifs is 1. The summed E-state index contributed by atoms with van der Waals surface area (Å²) in [4.78, 5) is 31.2. The number of pyridine rings is 1. The Hall–Kier alpha value is -2.94. The molecular weight excluding hydrogens is 402 g/mol. The highest BCUT2D eigenvalue weighted by atomic mass is 35.5. The van der Waals surface area contributed by atoms with E-state index >= 15 is 0 Å². The third kappa shape index (κ3) is 3.69.